The lowest BCUT2D eigenvalue weighted by molar-refractivity contribution is -0.492. The van der Waals surface area contributed by atoms with Crippen LogP contribution in [0.5, 0.6) is 0 Å². The zero-order valence-electron chi connectivity index (χ0n) is 31.7. The Labute approximate surface area is 320 Å². The molecule has 0 aliphatic rings. The standard InChI is InChI=1S/C37H45N7O12/c1-6-12-30-38-32(37(4,5)48)31(34(45)52-22-29-23(2)54-36(47)56-29)42(30)21-25-15-17-26(18-16-25)27-13-8-9-14-28(27)33-39-41-43(40-33)24(3)55-35(46)51-19-10-7-11-20-53-44(49)50/h8-9,13-18,24,48-50H,6-7,10-12,19-22H2,1-5H3. The molecule has 3 aromatic heterocycles. The normalized spacial score (nSPS) is 12.2. The van der Waals surface area contributed by atoms with Crippen molar-refractivity contribution < 1.29 is 53.0 Å². The average molecular weight is 780 g/mol. The van der Waals surface area contributed by atoms with E-state index in [9.17, 15) is 19.5 Å². The summed E-state index contributed by atoms with van der Waals surface area (Å²) < 4.78 is 27.6. The Bertz CT molecular complexity index is 2130. The number of aromatic nitrogens is 6. The molecule has 0 fully saturated rings. The summed E-state index contributed by atoms with van der Waals surface area (Å²) >= 11 is 0. The Morgan fingerprint density at radius 1 is 0.982 bits per heavy atom. The quantitative estimate of drug-likeness (QED) is 0.0533. The Hall–Kier alpha value is -5.73. The van der Waals surface area contributed by atoms with Gasteiger partial charge >= 0.3 is 17.9 Å². The third-order valence-corrected chi connectivity index (χ3v) is 8.47. The lowest BCUT2D eigenvalue weighted by atomic mass is 9.98. The minimum absolute atomic E-state index is 0.0813. The summed E-state index contributed by atoms with van der Waals surface area (Å²) in [5.41, 5.74) is 1.95. The topological polar surface area (TPSA) is 240 Å². The van der Waals surface area contributed by atoms with E-state index in [2.05, 4.69) is 25.2 Å². The molecular weight excluding hydrogens is 734 g/mol. The summed E-state index contributed by atoms with van der Waals surface area (Å²) in [5, 5.41) is 40.5. The fourth-order valence-corrected chi connectivity index (χ4v) is 5.72. The van der Waals surface area contributed by atoms with E-state index in [0.29, 0.717) is 42.9 Å². The van der Waals surface area contributed by atoms with Gasteiger partial charge in [-0.1, -0.05) is 55.5 Å². The summed E-state index contributed by atoms with van der Waals surface area (Å²) in [6.07, 6.45) is 1.11. The van der Waals surface area contributed by atoms with Crippen LogP contribution in [0.4, 0.5) is 4.79 Å². The van der Waals surface area contributed by atoms with E-state index >= 15 is 0 Å². The monoisotopic (exact) mass is 779 g/mol. The van der Waals surface area contributed by atoms with Crippen LogP contribution in [-0.4, -0.2) is 76.0 Å². The Morgan fingerprint density at radius 2 is 1.70 bits per heavy atom. The molecule has 56 heavy (non-hydrogen) atoms. The minimum atomic E-state index is -1.47. The van der Waals surface area contributed by atoms with Gasteiger partial charge in [0.2, 0.25) is 12.1 Å². The van der Waals surface area contributed by atoms with Gasteiger partial charge in [0.15, 0.2) is 23.8 Å². The van der Waals surface area contributed by atoms with Crippen molar-refractivity contribution >= 4 is 12.1 Å². The van der Waals surface area contributed by atoms with E-state index in [1.807, 2.05) is 55.5 Å². The predicted molar refractivity (Wildman–Crippen MR) is 193 cm³/mol. The molecule has 0 spiro atoms. The molecule has 1 unspecified atom stereocenters. The second-order valence-corrected chi connectivity index (χ2v) is 13.3. The van der Waals surface area contributed by atoms with Crippen molar-refractivity contribution in [2.45, 2.75) is 91.7 Å². The van der Waals surface area contributed by atoms with Crippen molar-refractivity contribution in [2.75, 3.05) is 13.2 Å². The Balaban J connectivity index is 1.29. The molecule has 0 saturated heterocycles. The first-order chi connectivity index (χ1) is 26.7. The number of aliphatic hydroxyl groups is 1. The third kappa shape index (κ3) is 10.7. The first-order valence-electron chi connectivity index (χ1n) is 18.0. The molecule has 19 heteroatoms. The Morgan fingerprint density at radius 3 is 2.36 bits per heavy atom. The lowest BCUT2D eigenvalue weighted by Gasteiger charge is -2.17. The second kappa shape index (κ2) is 18.7. The number of hydrogen-bond acceptors (Lipinski definition) is 17. The highest BCUT2D eigenvalue weighted by Crippen LogP contribution is 2.31. The number of hydrogen-bond donors (Lipinski definition) is 3. The molecule has 0 amide bonds. The second-order valence-electron chi connectivity index (χ2n) is 13.3. The van der Waals surface area contributed by atoms with Gasteiger partial charge in [-0.3, -0.25) is 15.3 Å². The van der Waals surface area contributed by atoms with Gasteiger partial charge in [0.1, 0.15) is 17.1 Å². The predicted octanol–water partition coefficient (Wildman–Crippen LogP) is 5.50. The minimum Gasteiger partial charge on any atom is -0.453 e. The van der Waals surface area contributed by atoms with Gasteiger partial charge in [-0.05, 0) is 75.3 Å². The molecule has 5 rings (SSSR count). The highest BCUT2D eigenvalue weighted by atomic mass is 17.1. The van der Waals surface area contributed by atoms with Crippen molar-refractivity contribution in [3.05, 3.63) is 93.4 Å². The SMILES string of the molecule is CCCc1nc(C(C)(C)O)c(C(=O)OCc2oc(=O)oc2C)n1Cc1ccc(-c2ccccc2-c2nnn(C(C)OC(=O)OCCCCCON(O)O)n2)cc1. The average Bonchev–Trinajstić information content (AvgIpc) is 3.87. The molecular formula is C37H45N7O12. The van der Waals surface area contributed by atoms with Crippen LogP contribution >= 0.6 is 0 Å². The van der Waals surface area contributed by atoms with Gasteiger partial charge in [0, 0.05) is 18.5 Å². The molecule has 1 atom stereocenters. The zero-order valence-corrected chi connectivity index (χ0v) is 31.7. The number of ether oxygens (including phenoxy) is 3. The Kier molecular flexibility index (Phi) is 13.9. The van der Waals surface area contributed by atoms with E-state index in [0.717, 1.165) is 23.1 Å². The first-order valence-corrected chi connectivity index (χ1v) is 18.0. The van der Waals surface area contributed by atoms with E-state index in [-0.39, 0.29) is 54.7 Å². The van der Waals surface area contributed by atoms with Crippen molar-refractivity contribution in [1.82, 2.24) is 35.1 Å². The van der Waals surface area contributed by atoms with E-state index in [4.69, 9.17) is 33.5 Å². The summed E-state index contributed by atoms with van der Waals surface area (Å²) in [7, 11) is 0. The van der Waals surface area contributed by atoms with Crippen LogP contribution in [0, 0.1) is 6.92 Å². The van der Waals surface area contributed by atoms with Gasteiger partial charge in [0.25, 0.3) is 0 Å². The molecule has 0 bridgehead atoms. The van der Waals surface area contributed by atoms with Crippen LogP contribution in [0.3, 0.4) is 0 Å². The van der Waals surface area contributed by atoms with Crippen LogP contribution < -0.4 is 5.82 Å². The molecule has 0 radical (unpaired) electrons. The van der Waals surface area contributed by atoms with Crippen molar-refractivity contribution in [1.29, 1.82) is 0 Å². The van der Waals surface area contributed by atoms with Crippen LogP contribution in [0.2, 0.25) is 0 Å². The molecule has 2 aromatic carbocycles. The van der Waals surface area contributed by atoms with E-state index in [1.165, 1.54) is 11.7 Å². The van der Waals surface area contributed by atoms with Gasteiger partial charge in [-0.2, -0.15) is 0 Å². The van der Waals surface area contributed by atoms with Gasteiger partial charge in [0.05, 0.1) is 18.6 Å². The fourth-order valence-electron chi connectivity index (χ4n) is 5.72. The fraction of sp³-hybridized carbons (Fsp3) is 0.432. The van der Waals surface area contributed by atoms with Gasteiger partial charge in [-0.25, -0.2) is 19.4 Å². The van der Waals surface area contributed by atoms with Gasteiger partial charge < -0.3 is 32.7 Å². The lowest BCUT2D eigenvalue weighted by Crippen LogP contribution is -2.23. The number of unbranched alkanes of at least 4 members (excludes halogenated alkanes) is 2. The number of imidazole rings is 1. The molecule has 0 aliphatic heterocycles. The zero-order chi connectivity index (χ0) is 40.4. The van der Waals surface area contributed by atoms with E-state index in [1.54, 1.807) is 25.3 Å². The maximum atomic E-state index is 13.6. The number of carbonyl (C=O) groups excluding carboxylic acids is 2. The third-order valence-electron chi connectivity index (χ3n) is 8.47. The maximum Gasteiger partial charge on any atom is 0.519 e. The summed E-state index contributed by atoms with van der Waals surface area (Å²) in [6.45, 7) is 8.27. The van der Waals surface area contributed by atoms with Crippen LogP contribution in [-0.2, 0) is 44.2 Å². The van der Waals surface area contributed by atoms with Crippen LogP contribution in [0.25, 0.3) is 22.5 Å². The number of carbonyl (C=O) groups is 2. The van der Waals surface area contributed by atoms with Crippen molar-refractivity contribution in [2.24, 2.45) is 0 Å². The summed E-state index contributed by atoms with van der Waals surface area (Å²) in [5.74, 6) is -0.472. The molecule has 3 heterocycles. The molecule has 0 saturated carbocycles. The molecule has 3 N–H and O–H groups in total. The highest BCUT2D eigenvalue weighted by molar-refractivity contribution is 5.89. The van der Waals surface area contributed by atoms with Crippen molar-refractivity contribution in [3.8, 4) is 22.5 Å². The maximum absolute atomic E-state index is 13.6. The number of benzene rings is 2. The largest absolute Gasteiger partial charge is 0.519 e. The summed E-state index contributed by atoms with van der Waals surface area (Å²) in [4.78, 5) is 47.7. The number of esters is 1. The number of nitrogens with zero attached hydrogens (tertiary/aromatic N) is 7. The molecule has 19 nitrogen and oxygen atoms in total. The number of rotatable bonds is 19. The molecule has 5 aromatic rings. The summed E-state index contributed by atoms with van der Waals surface area (Å²) in [6, 6.07) is 15.2. The van der Waals surface area contributed by atoms with Crippen LogP contribution in [0.15, 0.2) is 62.2 Å². The van der Waals surface area contributed by atoms with Crippen LogP contribution in [0.1, 0.15) is 98.7 Å². The number of tetrazole rings is 1. The van der Waals surface area contributed by atoms with E-state index < -0.39 is 29.8 Å². The smallest absolute Gasteiger partial charge is 0.453 e. The number of aryl methyl sites for hydroxylation is 2. The van der Waals surface area contributed by atoms with Crippen molar-refractivity contribution in [3.63, 3.8) is 0 Å². The first kappa shape index (κ1) is 41.4. The highest BCUT2D eigenvalue weighted by Gasteiger charge is 2.33. The molecule has 300 valence electrons. The molecule has 0 aliphatic carbocycles. The van der Waals surface area contributed by atoms with Gasteiger partial charge in [-0.15, -0.1) is 15.0 Å².